The number of nitrogens with one attached hydrogen (secondary N) is 1. The van der Waals surface area contributed by atoms with Gasteiger partial charge in [0.2, 0.25) is 0 Å². The SMILES string of the molecule is Br/C=C/C1CCNCC1. The Balaban J connectivity index is 2.23. The van der Waals surface area contributed by atoms with E-state index in [1.165, 1.54) is 25.9 Å². The monoisotopic (exact) mass is 189 g/mol. The standard InChI is InChI=1S/C7H12BrN/c8-4-1-7-2-5-9-6-3-7/h1,4,7,9H,2-3,5-6H2/b4-1+. The summed E-state index contributed by atoms with van der Waals surface area (Å²) in [6.45, 7) is 2.37. The van der Waals surface area contributed by atoms with Crippen LogP contribution in [-0.2, 0) is 0 Å². The van der Waals surface area contributed by atoms with E-state index in [4.69, 9.17) is 0 Å². The van der Waals surface area contributed by atoms with Gasteiger partial charge in [0.1, 0.15) is 0 Å². The van der Waals surface area contributed by atoms with Gasteiger partial charge in [-0.15, -0.1) is 0 Å². The van der Waals surface area contributed by atoms with Gasteiger partial charge in [-0.1, -0.05) is 22.0 Å². The van der Waals surface area contributed by atoms with Gasteiger partial charge in [0, 0.05) is 0 Å². The normalized spacial score (nSPS) is 23.2. The van der Waals surface area contributed by atoms with Gasteiger partial charge in [-0.2, -0.15) is 0 Å². The third kappa shape index (κ3) is 2.50. The molecule has 1 aliphatic rings. The summed E-state index contributed by atoms with van der Waals surface area (Å²) >= 11 is 3.28. The number of rotatable bonds is 1. The summed E-state index contributed by atoms with van der Waals surface area (Å²) in [6, 6.07) is 0. The van der Waals surface area contributed by atoms with Gasteiger partial charge in [-0.25, -0.2) is 0 Å². The quantitative estimate of drug-likeness (QED) is 0.665. The Bertz CT molecular complexity index is 95.1. The van der Waals surface area contributed by atoms with E-state index in [1.807, 2.05) is 4.99 Å². The molecule has 0 aromatic heterocycles. The molecule has 1 aliphatic heterocycles. The predicted molar refractivity (Wildman–Crippen MR) is 43.7 cm³/mol. The van der Waals surface area contributed by atoms with Crippen LogP contribution in [0.5, 0.6) is 0 Å². The maximum absolute atomic E-state index is 3.32. The molecule has 0 atom stereocenters. The van der Waals surface area contributed by atoms with Crippen molar-refractivity contribution in [2.75, 3.05) is 13.1 Å². The van der Waals surface area contributed by atoms with Gasteiger partial charge in [-0.05, 0) is 36.8 Å². The molecule has 1 N–H and O–H groups in total. The maximum atomic E-state index is 3.32. The minimum atomic E-state index is 0.811. The highest BCUT2D eigenvalue weighted by Crippen LogP contribution is 2.13. The van der Waals surface area contributed by atoms with Crippen LogP contribution < -0.4 is 5.32 Å². The first-order valence-electron chi connectivity index (χ1n) is 3.41. The molecule has 0 unspecified atom stereocenters. The highest BCUT2D eigenvalue weighted by atomic mass is 79.9. The van der Waals surface area contributed by atoms with Crippen LogP contribution in [0.25, 0.3) is 0 Å². The topological polar surface area (TPSA) is 12.0 Å². The number of piperidine rings is 1. The molecule has 9 heavy (non-hydrogen) atoms. The second kappa shape index (κ2) is 4.07. The van der Waals surface area contributed by atoms with E-state index in [-0.39, 0.29) is 0 Å². The minimum Gasteiger partial charge on any atom is -0.317 e. The van der Waals surface area contributed by atoms with Crippen LogP contribution in [0, 0.1) is 5.92 Å². The van der Waals surface area contributed by atoms with Crippen LogP contribution in [0.3, 0.4) is 0 Å². The van der Waals surface area contributed by atoms with Crippen molar-refractivity contribution in [2.45, 2.75) is 12.8 Å². The van der Waals surface area contributed by atoms with Crippen LogP contribution in [-0.4, -0.2) is 13.1 Å². The first-order chi connectivity index (χ1) is 4.43. The van der Waals surface area contributed by atoms with E-state index in [1.54, 1.807) is 0 Å². The lowest BCUT2D eigenvalue weighted by Gasteiger charge is -2.18. The lowest BCUT2D eigenvalue weighted by molar-refractivity contribution is 0.437. The number of hydrogen-bond donors (Lipinski definition) is 1. The third-order valence-electron chi connectivity index (χ3n) is 1.73. The summed E-state index contributed by atoms with van der Waals surface area (Å²) < 4.78 is 0. The fourth-order valence-corrected chi connectivity index (χ4v) is 1.57. The van der Waals surface area contributed by atoms with Gasteiger partial charge in [0.25, 0.3) is 0 Å². The van der Waals surface area contributed by atoms with Crippen molar-refractivity contribution in [1.29, 1.82) is 0 Å². The molecular formula is C7H12BrN. The molecule has 0 aromatic carbocycles. The molecule has 0 saturated carbocycles. The number of hydrogen-bond acceptors (Lipinski definition) is 1. The molecule has 0 amide bonds. The molecule has 0 aliphatic carbocycles. The van der Waals surface area contributed by atoms with E-state index in [9.17, 15) is 0 Å². The molecule has 1 rings (SSSR count). The minimum absolute atomic E-state index is 0.811. The van der Waals surface area contributed by atoms with Gasteiger partial charge in [0.05, 0.1) is 0 Å². The Hall–Kier alpha value is 0.180. The van der Waals surface area contributed by atoms with Crippen molar-refractivity contribution in [3.05, 3.63) is 11.1 Å². The highest BCUT2D eigenvalue weighted by molar-refractivity contribution is 9.11. The summed E-state index contributed by atoms with van der Waals surface area (Å²) in [4.78, 5) is 1.98. The van der Waals surface area contributed by atoms with Gasteiger partial charge in [0.15, 0.2) is 0 Å². The Morgan fingerprint density at radius 1 is 1.33 bits per heavy atom. The zero-order valence-electron chi connectivity index (χ0n) is 5.44. The molecule has 0 spiro atoms. The zero-order valence-corrected chi connectivity index (χ0v) is 7.02. The van der Waals surface area contributed by atoms with Crippen molar-refractivity contribution in [3.8, 4) is 0 Å². The smallest absolute Gasteiger partial charge is 0.00433 e. The lowest BCUT2D eigenvalue weighted by Crippen LogP contribution is -2.26. The van der Waals surface area contributed by atoms with E-state index in [0.717, 1.165) is 5.92 Å². The largest absolute Gasteiger partial charge is 0.317 e. The fraction of sp³-hybridized carbons (Fsp3) is 0.714. The van der Waals surface area contributed by atoms with Crippen LogP contribution >= 0.6 is 15.9 Å². The number of allylic oxidation sites excluding steroid dienone is 1. The van der Waals surface area contributed by atoms with Gasteiger partial charge >= 0.3 is 0 Å². The molecule has 1 saturated heterocycles. The molecular weight excluding hydrogens is 178 g/mol. The van der Waals surface area contributed by atoms with Crippen molar-refractivity contribution in [2.24, 2.45) is 5.92 Å². The summed E-state index contributed by atoms with van der Waals surface area (Å²) in [5.74, 6) is 0.811. The summed E-state index contributed by atoms with van der Waals surface area (Å²) in [5, 5.41) is 3.32. The van der Waals surface area contributed by atoms with E-state index in [2.05, 4.69) is 27.3 Å². The Labute approximate surface area is 64.7 Å². The third-order valence-corrected chi connectivity index (χ3v) is 2.03. The van der Waals surface area contributed by atoms with Gasteiger partial charge < -0.3 is 5.32 Å². The molecule has 1 nitrogen and oxygen atoms in total. The van der Waals surface area contributed by atoms with Crippen LogP contribution in [0.1, 0.15) is 12.8 Å². The second-order valence-corrected chi connectivity index (χ2v) is 2.93. The van der Waals surface area contributed by atoms with Crippen LogP contribution in [0.2, 0.25) is 0 Å². The summed E-state index contributed by atoms with van der Waals surface area (Å²) in [5.41, 5.74) is 0. The molecule has 1 fully saturated rings. The maximum Gasteiger partial charge on any atom is -0.00433 e. The summed E-state index contributed by atoms with van der Waals surface area (Å²) in [6.07, 6.45) is 4.82. The van der Waals surface area contributed by atoms with Crippen LogP contribution in [0.4, 0.5) is 0 Å². The molecule has 0 aromatic rings. The van der Waals surface area contributed by atoms with Crippen molar-refractivity contribution in [1.82, 2.24) is 5.32 Å². The Morgan fingerprint density at radius 2 is 2.00 bits per heavy atom. The van der Waals surface area contributed by atoms with Gasteiger partial charge in [-0.3, -0.25) is 0 Å². The predicted octanol–water partition coefficient (Wildman–Crippen LogP) is 1.89. The zero-order chi connectivity index (χ0) is 6.53. The molecule has 0 bridgehead atoms. The Kier molecular flexibility index (Phi) is 3.30. The number of halogens is 1. The van der Waals surface area contributed by atoms with Crippen molar-refractivity contribution < 1.29 is 0 Å². The van der Waals surface area contributed by atoms with Crippen molar-refractivity contribution in [3.63, 3.8) is 0 Å². The summed E-state index contributed by atoms with van der Waals surface area (Å²) in [7, 11) is 0. The lowest BCUT2D eigenvalue weighted by atomic mass is 9.99. The first-order valence-corrected chi connectivity index (χ1v) is 4.32. The van der Waals surface area contributed by atoms with E-state index < -0.39 is 0 Å². The Morgan fingerprint density at radius 3 is 2.56 bits per heavy atom. The molecule has 2 heteroatoms. The van der Waals surface area contributed by atoms with Crippen LogP contribution in [0.15, 0.2) is 11.1 Å². The average Bonchev–Trinajstić information content (AvgIpc) is 1.91. The second-order valence-electron chi connectivity index (χ2n) is 2.41. The highest BCUT2D eigenvalue weighted by Gasteiger charge is 2.07. The average molecular weight is 190 g/mol. The first kappa shape index (κ1) is 7.29. The molecule has 0 radical (unpaired) electrons. The molecule has 1 heterocycles. The van der Waals surface area contributed by atoms with E-state index >= 15 is 0 Å². The van der Waals surface area contributed by atoms with Crippen molar-refractivity contribution >= 4 is 15.9 Å². The van der Waals surface area contributed by atoms with E-state index in [0.29, 0.717) is 0 Å². The fourth-order valence-electron chi connectivity index (χ4n) is 1.14. The molecule has 52 valence electrons.